The number of aromatic nitrogens is 3. The molecular weight excluding hydrogens is 309 g/mol. The van der Waals surface area contributed by atoms with Gasteiger partial charge in [0, 0.05) is 6.07 Å². The van der Waals surface area contributed by atoms with E-state index in [0.29, 0.717) is 22.9 Å². The van der Waals surface area contributed by atoms with E-state index >= 15 is 0 Å². The molecule has 0 bridgehead atoms. The maximum Gasteiger partial charge on any atom is 0.200 e. The Morgan fingerprint density at radius 2 is 2.29 bits per heavy atom. The SMILES string of the molecule is CCOc1ccc(-n2c(-c3cccs3)n[nH]c2=S)cc1F. The van der Waals surface area contributed by atoms with Crippen LogP contribution in [0.25, 0.3) is 16.4 Å². The first-order chi connectivity index (χ1) is 10.2. The minimum Gasteiger partial charge on any atom is -0.491 e. The number of rotatable bonds is 4. The first-order valence-corrected chi connectivity index (χ1v) is 7.63. The molecule has 0 aliphatic carbocycles. The standard InChI is InChI=1S/C14H12FN3OS2/c1-2-19-11-6-5-9(8-10(11)15)18-13(16-17-14(18)20)12-4-3-7-21-12/h3-8H,2H2,1H3,(H,17,20). The van der Waals surface area contributed by atoms with E-state index in [1.807, 2.05) is 24.4 Å². The van der Waals surface area contributed by atoms with Gasteiger partial charge in [0.15, 0.2) is 22.2 Å². The van der Waals surface area contributed by atoms with Crippen LogP contribution in [-0.4, -0.2) is 21.4 Å². The van der Waals surface area contributed by atoms with Crippen LogP contribution in [0.1, 0.15) is 6.92 Å². The highest BCUT2D eigenvalue weighted by molar-refractivity contribution is 7.71. The van der Waals surface area contributed by atoms with E-state index in [1.165, 1.54) is 6.07 Å². The molecule has 1 N–H and O–H groups in total. The molecule has 0 atom stereocenters. The van der Waals surface area contributed by atoms with Gasteiger partial charge in [-0.25, -0.2) is 4.39 Å². The molecule has 0 unspecified atom stereocenters. The molecule has 0 saturated carbocycles. The van der Waals surface area contributed by atoms with Gasteiger partial charge >= 0.3 is 0 Å². The van der Waals surface area contributed by atoms with E-state index in [9.17, 15) is 4.39 Å². The van der Waals surface area contributed by atoms with Crippen LogP contribution in [0.3, 0.4) is 0 Å². The summed E-state index contributed by atoms with van der Waals surface area (Å²) in [6.45, 7) is 2.23. The Balaban J connectivity index is 2.11. The van der Waals surface area contributed by atoms with Crippen LogP contribution in [0.2, 0.25) is 0 Å². The van der Waals surface area contributed by atoms with Crippen molar-refractivity contribution in [3.8, 4) is 22.1 Å². The molecule has 7 heteroatoms. The van der Waals surface area contributed by atoms with Gasteiger partial charge in [0.1, 0.15) is 0 Å². The van der Waals surface area contributed by atoms with Crippen LogP contribution in [-0.2, 0) is 0 Å². The molecule has 0 radical (unpaired) electrons. The minimum atomic E-state index is -0.422. The fraction of sp³-hybridized carbons (Fsp3) is 0.143. The molecule has 2 heterocycles. The summed E-state index contributed by atoms with van der Waals surface area (Å²) in [5.41, 5.74) is 0.609. The number of hydrogen-bond donors (Lipinski definition) is 1. The molecule has 3 aromatic rings. The normalized spacial score (nSPS) is 10.8. The Bertz CT molecular complexity index is 808. The molecule has 0 amide bonds. The predicted molar refractivity (Wildman–Crippen MR) is 83.2 cm³/mol. The molecule has 0 fully saturated rings. The van der Waals surface area contributed by atoms with E-state index in [2.05, 4.69) is 10.2 Å². The van der Waals surface area contributed by atoms with Gasteiger partial charge in [-0.1, -0.05) is 6.07 Å². The summed E-state index contributed by atoms with van der Waals surface area (Å²) in [6.07, 6.45) is 0. The van der Waals surface area contributed by atoms with Crippen molar-refractivity contribution < 1.29 is 9.13 Å². The molecule has 0 aliphatic rings. The van der Waals surface area contributed by atoms with Crippen LogP contribution in [0, 0.1) is 10.6 Å². The number of aromatic amines is 1. The van der Waals surface area contributed by atoms with Gasteiger partial charge in [0.2, 0.25) is 0 Å². The fourth-order valence-electron chi connectivity index (χ4n) is 2.01. The number of hydrogen-bond acceptors (Lipinski definition) is 4. The molecule has 0 saturated heterocycles. The zero-order valence-electron chi connectivity index (χ0n) is 11.2. The molecule has 0 spiro atoms. The summed E-state index contributed by atoms with van der Waals surface area (Å²) in [6, 6.07) is 8.63. The maximum absolute atomic E-state index is 14.0. The van der Waals surface area contributed by atoms with E-state index in [0.717, 1.165) is 4.88 Å². The third-order valence-electron chi connectivity index (χ3n) is 2.89. The third kappa shape index (κ3) is 2.62. The lowest BCUT2D eigenvalue weighted by molar-refractivity contribution is 0.321. The molecule has 21 heavy (non-hydrogen) atoms. The highest BCUT2D eigenvalue weighted by Gasteiger charge is 2.13. The van der Waals surface area contributed by atoms with Gasteiger partial charge in [-0.3, -0.25) is 9.67 Å². The first-order valence-electron chi connectivity index (χ1n) is 6.34. The highest BCUT2D eigenvalue weighted by Crippen LogP contribution is 2.27. The summed E-state index contributed by atoms with van der Waals surface area (Å²) in [5.74, 6) is 0.474. The van der Waals surface area contributed by atoms with Crippen LogP contribution < -0.4 is 4.74 Å². The van der Waals surface area contributed by atoms with Crippen molar-refractivity contribution in [3.63, 3.8) is 0 Å². The Morgan fingerprint density at radius 3 is 2.95 bits per heavy atom. The molecule has 2 aromatic heterocycles. The summed E-state index contributed by atoms with van der Waals surface area (Å²) in [5, 5.41) is 8.93. The lowest BCUT2D eigenvalue weighted by atomic mass is 10.2. The Hall–Kier alpha value is -1.99. The topological polar surface area (TPSA) is 42.8 Å². The zero-order valence-corrected chi connectivity index (χ0v) is 12.8. The first kappa shape index (κ1) is 14.0. The number of halogens is 1. The number of nitrogens with one attached hydrogen (secondary N) is 1. The van der Waals surface area contributed by atoms with E-state index in [1.54, 1.807) is 28.0 Å². The van der Waals surface area contributed by atoms with E-state index in [-0.39, 0.29) is 5.75 Å². The van der Waals surface area contributed by atoms with Gasteiger partial charge < -0.3 is 4.74 Å². The number of H-pyrrole nitrogens is 1. The van der Waals surface area contributed by atoms with Crippen molar-refractivity contribution in [3.05, 3.63) is 46.3 Å². The second-order valence-corrected chi connectivity index (χ2v) is 5.55. The van der Waals surface area contributed by atoms with Crippen molar-refractivity contribution in [2.75, 3.05) is 6.61 Å². The van der Waals surface area contributed by atoms with Gasteiger partial charge in [-0.05, 0) is 42.7 Å². The number of thiophene rings is 1. The van der Waals surface area contributed by atoms with E-state index < -0.39 is 5.82 Å². The lowest BCUT2D eigenvalue weighted by Crippen LogP contribution is -2.00. The monoisotopic (exact) mass is 321 g/mol. The minimum absolute atomic E-state index is 0.230. The van der Waals surface area contributed by atoms with Gasteiger partial charge in [0.25, 0.3) is 0 Å². The largest absolute Gasteiger partial charge is 0.491 e. The summed E-state index contributed by atoms with van der Waals surface area (Å²) < 4.78 is 21.4. The quantitative estimate of drug-likeness (QED) is 0.733. The van der Waals surface area contributed by atoms with Crippen molar-refractivity contribution in [2.45, 2.75) is 6.92 Å². The Labute approximate surface area is 129 Å². The molecule has 0 aliphatic heterocycles. The van der Waals surface area contributed by atoms with Crippen LogP contribution >= 0.6 is 23.6 Å². The number of benzene rings is 1. The second kappa shape index (κ2) is 5.79. The van der Waals surface area contributed by atoms with Crippen LogP contribution in [0.15, 0.2) is 35.7 Å². The maximum atomic E-state index is 14.0. The summed E-state index contributed by atoms with van der Waals surface area (Å²) in [4.78, 5) is 0.955. The van der Waals surface area contributed by atoms with Crippen molar-refractivity contribution in [2.24, 2.45) is 0 Å². The Kier molecular flexibility index (Phi) is 3.85. The number of nitrogens with zero attached hydrogens (tertiary/aromatic N) is 2. The molecule has 108 valence electrons. The Morgan fingerprint density at radius 1 is 1.43 bits per heavy atom. The molecule has 3 rings (SSSR count). The van der Waals surface area contributed by atoms with Crippen molar-refractivity contribution in [1.82, 2.24) is 14.8 Å². The predicted octanol–water partition coefficient (Wildman–Crippen LogP) is 4.20. The van der Waals surface area contributed by atoms with Crippen LogP contribution in [0.4, 0.5) is 4.39 Å². The van der Waals surface area contributed by atoms with Gasteiger partial charge in [-0.2, -0.15) is 5.10 Å². The molecule has 1 aromatic carbocycles. The average molecular weight is 321 g/mol. The van der Waals surface area contributed by atoms with Gasteiger partial charge in [0.05, 0.1) is 17.2 Å². The summed E-state index contributed by atoms with van der Waals surface area (Å²) >= 11 is 6.80. The van der Waals surface area contributed by atoms with Crippen molar-refractivity contribution >= 4 is 23.6 Å². The lowest BCUT2D eigenvalue weighted by Gasteiger charge is -2.09. The summed E-state index contributed by atoms with van der Waals surface area (Å²) in [7, 11) is 0. The van der Waals surface area contributed by atoms with Crippen LogP contribution in [0.5, 0.6) is 5.75 Å². The number of ether oxygens (including phenoxy) is 1. The average Bonchev–Trinajstić information content (AvgIpc) is 3.10. The van der Waals surface area contributed by atoms with Crippen molar-refractivity contribution in [1.29, 1.82) is 0 Å². The fourth-order valence-corrected chi connectivity index (χ4v) is 2.95. The molecule has 4 nitrogen and oxygen atoms in total. The third-order valence-corrected chi connectivity index (χ3v) is 4.03. The highest BCUT2D eigenvalue weighted by atomic mass is 32.1. The molecular formula is C14H12FN3OS2. The zero-order chi connectivity index (χ0) is 14.8. The smallest absolute Gasteiger partial charge is 0.200 e. The van der Waals surface area contributed by atoms with E-state index in [4.69, 9.17) is 17.0 Å². The second-order valence-electron chi connectivity index (χ2n) is 4.21. The van der Waals surface area contributed by atoms with Gasteiger partial charge in [-0.15, -0.1) is 11.3 Å².